The average molecular weight is 425 g/mol. The van der Waals surface area contributed by atoms with Gasteiger partial charge in [-0.3, -0.25) is 14.6 Å². The number of H-pyrrole nitrogens is 1. The highest BCUT2D eigenvalue weighted by atomic mass is 16.3. The third-order valence-electron chi connectivity index (χ3n) is 5.96. The van der Waals surface area contributed by atoms with E-state index in [1.165, 1.54) is 0 Å². The van der Waals surface area contributed by atoms with Gasteiger partial charge in [0.05, 0.1) is 11.3 Å². The fourth-order valence-electron chi connectivity index (χ4n) is 4.33. The van der Waals surface area contributed by atoms with Crippen molar-refractivity contribution in [1.82, 2.24) is 19.8 Å². The number of aromatic amines is 1. The van der Waals surface area contributed by atoms with Crippen LogP contribution in [0.15, 0.2) is 44.3 Å². The second-order valence-corrected chi connectivity index (χ2v) is 8.14. The van der Waals surface area contributed by atoms with Crippen LogP contribution >= 0.6 is 0 Å². The van der Waals surface area contributed by atoms with Crippen molar-refractivity contribution >= 4 is 17.0 Å². The molecule has 164 valence electrons. The van der Waals surface area contributed by atoms with Crippen LogP contribution in [0.1, 0.15) is 42.3 Å². The second kappa shape index (κ2) is 8.93. The largest absolute Gasteiger partial charge is 0.444 e. The van der Waals surface area contributed by atoms with E-state index in [2.05, 4.69) is 22.1 Å². The summed E-state index contributed by atoms with van der Waals surface area (Å²) in [5.41, 5.74) is -0.537. The number of aryl methyl sites for hydroxylation is 1. The number of benzene rings is 1. The van der Waals surface area contributed by atoms with E-state index in [1.54, 1.807) is 37.3 Å². The fraction of sp³-hybridized carbons (Fsp3) is 0.435. The Kier molecular flexibility index (Phi) is 6.08. The van der Waals surface area contributed by atoms with Crippen molar-refractivity contribution in [3.63, 3.8) is 0 Å². The van der Waals surface area contributed by atoms with Crippen molar-refractivity contribution in [1.29, 1.82) is 0 Å². The molecule has 1 aliphatic heterocycles. The molecule has 8 nitrogen and oxygen atoms in total. The molecule has 1 aliphatic rings. The first-order valence-corrected chi connectivity index (χ1v) is 10.8. The lowest BCUT2D eigenvalue weighted by Gasteiger charge is -2.31. The van der Waals surface area contributed by atoms with Gasteiger partial charge in [0.15, 0.2) is 0 Å². The molecule has 0 saturated carbocycles. The topological polar surface area (TPSA) is 100 Å². The van der Waals surface area contributed by atoms with E-state index in [4.69, 9.17) is 4.42 Å². The van der Waals surface area contributed by atoms with Crippen LogP contribution < -0.4 is 16.6 Å². The van der Waals surface area contributed by atoms with Gasteiger partial charge in [-0.1, -0.05) is 25.1 Å². The Hall–Kier alpha value is -3.13. The number of aromatic nitrogens is 2. The Balaban J connectivity index is 1.59. The van der Waals surface area contributed by atoms with Crippen molar-refractivity contribution in [2.75, 3.05) is 26.2 Å². The number of carbonyl (C=O) groups excluding carboxylic acids is 1. The summed E-state index contributed by atoms with van der Waals surface area (Å²) in [6.45, 7) is 7.58. The van der Waals surface area contributed by atoms with Gasteiger partial charge in [0.2, 0.25) is 5.71 Å². The van der Waals surface area contributed by atoms with Crippen LogP contribution in [0.3, 0.4) is 0 Å². The molecule has 4 rings (SSSR count). The van der Waals surface area contributed by atoms with Gasteiger partial charge in [-0.05, 0) is 63.9 Å². The van der Waals surface area contributed by atoms with Gasteiger partial charge in [0, 0.05) is 6.54 Å². The van der Waals surface area contributed by atoms with Gasteiger partial charge in [-0.15, -0.1) is 0 Å². The Bertz CT molecular complexity index is 1180. The third-order valence-corrected chi connectivity index (χ3v) is 5.96. The zero-order valence-corrected chi connectivity index (χ0v) is 17.9. The zero-order chi connectivity index (χ0) is 22.0. The summed E-state index contributed by atoms with van der Waals surface area (Å²) in [6, 6.07) is 8.62. The number of amides is 1. The van der Waals surface area contributed by atoms with E-state index in [-0.39, 0.29) is 22.6 Å². The predicted molar refractivity (Wildman–Crippen MR) is 119 cm³/mol. The standard InChI is InChI=1S/C23H28N4O4/c1-3-11-26-12-9-16(10-13-26)14-24-20(28)18-15(2)31-21-19(18)22(29)27(23(30)25-21)17-7-5-4-6-8-17/h4-8,16H,3,9-14H2,1-2H3,(H,24,28)(H,25,30). The highest BCUT2D eigenvalue weighted by molar-refractivity contribution is 6.06. The lowest BCUT2D eigenvalue weighted by Crippen LogP contribution is -2.39. The van der Waals surface area contributed by atoms with Crippen molar-refractivity contribution in [2.45, 2.75) is 33.1 Å². The Morgan fingerprint density at radius 3 is 2.58 bits per heavy atom. The number of nitrogens with one attached hydrogen (secondary N) is 2. The van der Waals surface area contributed by atoms with Crippen LogP contribution in [0.4, 0.5) is 0 Å². The lowest BCUT2D eigenvalue weighted by atomic mass is 9.96. The highest BCUT2D eigenvalue weighted by Crippen LogP contribution is 2.21. The number of piperidine rings is 1. The van der Waals surface area contributed by atoms with E-state index in [0.29, 0.717) is 23.9 Å². The zero-order valence-electron chi connectivity index (χ0n) is 17.9. The van der Waals surface area contributed by atoms with Crippen LogP contribution in [0.2, 0.25) is 0 Å². The molecule has 0 aliphatic carbocycles. The third kappa shape index (κ3) is 4.20. The number of rotatable bonds is 6. The molecule has 1 saturated heterocycles. The Morgan fingerprint density at radius 2 is 1.90 bits per heavy atom. The molecule has 0 unspecified atom stereocenters. The molecule has 0 spiro atoms. The predicted octanol–water partition coefficient (Wildman–Crippen LogP) is 2.43. The molecule has 0 radical (unpaired) electrons. The van der Waals surface area contributed by atoms with Crippen LogP contribution in [0.5, 0.6) is 0 Å². The molecule has 3 aromatic rings. The van der Waals surface area contributed by atoms with Crippen LogP contribution in [0.25, 0.3) is 16.8 Å². The Labute approximate surface area is 179 Å². The van der Waals surface area contributed by atoms with E-state index in [0.717, 1.165) is 43.5 Å². The van der Waals surface area contributed by atoms with Gasteiger partial charge in [0.25, 0.3) is 11.5 Å². The number of fused-ring (bicyclic) bond motifs is 1. The van der Waals surface area contributed by atoms with E-state index < -0.39 is 11.2 Å². The lowest BCUT2D eigenvalue weighted by molar-refractivity contribution is 0.0936. The normalized spacial score (nSPS) is 15.4. The molecule has 31 heavy (non-hydrogen) atoms. The number of hydrogen-bond acceptors (Lipinski definition) is 5. The first-order valence-electron chi connectivity index (χ1n) is 10.8. The van der Waals surface area contributed by atoms with Gasteiger partial charge in [-0.25, -0.2) is 9.36 Å². The number of para-hydroxylation sites is 1. The molecule has 0 atom stereocenters. The summed E-state index contributed by atoms with van der Waals surface area (Å²) < 4.78 is 6.59. The van der Waals surface area contributed by atoms with Crippen molar-refractivity contribution in [3.05, 3.63) is 62.5 Å². The summed E-state index contributed by atoms with van der Waals surface area (Å²) in [7, 11) is 0. The molecule has 2 aromatic heterocycles. The van der Waals surface area contributed by atoms with E-state index in [9.17, 15) is 14.4 Å². The SMILES string of the molecule is CCCN1CCC(CNC(=O)c2c(C)oc3[nH]c(=O)n(-c4ccccc4)c(=O)c23)CC1. The van der Waals surface area contributed by atoms with Crippen LogP contribution in [-0.2, 0) is 0 Å². The number of carbonyl (C=O) groups is 1. The van der Waals surface area contributed by atoms with Gasteiger partial charge in [0.1, 0.15) is 11.1 Å². The molecule has 2 N–H and O–H groups in total. The summed E-state index contributed by atoms with van der Waals surface area (Å²) in [6.07, 6.45) is 3.23. The van der Waals surface area contributed by atoms with Crippen LogP contribution in [-0.4, -0.2) is 46.5 Å². The summed E-state index contributed by atoms with van der Waals surface area (Å²) in [4.78, 5) is 43.7. The maximum atomic E-state index is 13.2. The quantitative estimate of drug-likeness (QED) is 0.633. The van der Waals surface area contributed by atoms with Crippen LogP contribution in [0, 0.1) is 12.8 Å². The van der Waals surface area contributed by atoms with Gasteiger partial charge in [-0.2, -0.15) is 0 Å². The molecular weight excluding hydrogens is 396 g/mol. The number of furan rings is 1. The molecule has 3 heterocycles. The summed E-state index contributed by atoms with van der Waals surface area (Å²) >= 11 is 0. The maximum absolute atomic E-state index is 13.2. The molecule has 1 amide bonds. The van der Waals surface area contributed by atoms with Gasteiger partial charge >= 0.3 is 5.69 Å². The molecular formula is C23H28N4O4. The smallest absolute Gasteiger partial charge is 0.335 e. The number of nitrogens with zero attached hydrogens (tertiary/aromatic N) is 2. The maximum Gasteiger partial charge on any atom is 0.335 e. The minimum absolute atomic E-state index is 0.0257. The second-order valence-electron chi connectivity index (χ2n) is 8.14. The minimum Gasteiger partial charge on any atom is -0.444 e. The molecule has 1 aromatic carbocycles. The van der Waals surface area contributed by atoms with Crippen molar-refractivity contribution < 1.29 is 9.21 Å². The first-order chi connectivity index (χ1) is 15.0. The number of hydrogen-bond donors (Lipinski definition) is 2. The van der Waals surface area contributed by atoms with E-state index in [1.807, 2.05) is 0 Å². The highest BCUT2D eigenvalue weighted by Gasteiger charge is 2.25. The fourth-order valence-corrected chi connectivity index (χ4v) is 4.33. The van der Waals surface area contributed by atoms with E-state index >= 15 is 0 Å². The number of likely N-dealkylation sites (tertiary alicyclic amines) is 1. The molecule has 0 bridgehead atoms. The Morgan fingerprint density at radius 1 is 1.19 bits per heavy atom. The summed E-state index contributed by atoms with van der Waals surface area (Å²) in [5, 5.41) is 3.07. The first kappa shape index (κ1) is 21.1. The minimum atomic E-state index is -0.608. The summed E-state index contributed by atoms with van der Waals surface area (Å²) in [5.74, 6) is 0.371. The van der Waals surface area contributed by atoms with Crippen molar-refractivity contribution in [2.24, 2.45) is 5.92 Å². The average Bonchev–Trinajstić information content (AvgIpc) is 3.10. The van der Waals surface area contributed by atoms with Crippen molar-refractivity contribution in [3.8, 4) is 5.69 Å². The molecule has 1 fully saturated rings. The van der Waals surface area contributed by atoms with Gasteiger partial charge < -0.3 is 14.6 Å². The molecule has 8 heteroatoms. The monoisotopic (exact) mass is 424 g/mol.